The van der Waals surface area contributed by atoms with E-state index in [9.17, 15) is 18.0 Å². The molecule has 2 amide bonds. The molecule has 1 saturated heterocycles. The van der Waals surface area contributed by atoms with Gasteiger partial charge >= 0.3 is 12.2 Å². The number of carbonyl (C=O) groups excluding carboxylic acids is 1. The highest BCUT2D eigenvalue weighted by atomic mass is 19.4. The smallest absolute Gasteiger partial charge is 0.417 e. The first kappa shape index (κ1) is 28.4. The van der Waals surface area contributed by atoms with Gasteiger partial charge in [0.15, 0.2) is 11.5 Å². The summed E-state index contributed by atoms with van der Waals surface area (Å²) in [6, 6.07) is 8.16. The monoisotopic (exact) mass is 523 g/mol. The number of amides is 2. The zero-order valence-electron chi connectivity index (χ0n) is 22.0. The Morgan fingerprint density at radius 2 is 1.73 bits per heavy atom. The van der Waals surface area contributed by atoms with Crippen molar-refractivity contribution >= 4 is 17.5 Å². The first-order valence-corrected chi connectivity index (χ1v) is 12.4. The number of hydrogen-bond acceptors (Lipinski definition) is 6. The maximum absolute atomic E-state index is 12.9. The number of pyridine rings is 1. The Labute approximate surface area is 216 Å². The van der Waals surface area contributed by atoms with E-state index in [-0.39, 0.29) is 6.03 Å². The third kappa shape index (κ3) is 7.64. The lowest BCUT2D eigenvalue weighted by atomic mass is 10.2. The molecular weight excluding hydrogens is 487 g/mol. The lowest BCUT2D eigenvalue weighted by Crippen LogP contribution is -2.50. The highest BCUT2D eigenvalue weighted by Crippen LogP contribution is 2.31. The maximum atomic E-state index is 12.9. The minimum absolute atomic E-state index is 0.262. The van der Waals surface area contributed by atoms with E-state index in [4.69, 9.17) is 9.47 Å². The number of hydrogen-bond donors (Lipinski definition) is 1. The Balaban J connectivity index is 1.55. The van der Waals surface area contributed by atoms with Crippen LogP contribution in [0, 0.1) is 0 Å². The number of nitrogens with zero attached hydrogens (tertiary/aromatic N) is 4. The fourth-order valence-electron chi connectivity index (χ4n) is 4.32. The molecule has 0 aliphatic carbocycles. The number of halogens is 3. The first-order valence-electron chi connectivity index (χ1n) is 12.4. The van der Waals surface area contributed by atoms with Gasteiger partial charge in [0, 0.05) is 62.8 Å². The van der Waals surface area contributed by atoms with Gasteiger partial charge in [0.2, 0.25) is 0 Å². The summed E-state index contributed by atoms with van der Waals surface area (Å²) in [6.07, 6.45) is -3.59. The molecule has 0 spiro atoms. The van der Waals surface area contributed by atoms with E-state index >= 15 is 0 Å². The highest BCUT2D eigenvalue weighted by Gasteiger charge is 2.31. The molecule has 0 saturated carbocycles. The summed E-state index contributed by atoms with van der Waals surface area (Å²) >= 11 is 0. The SMILES string of the molecule is COc1ccc(NC(=O)N2CCN(c3ccc(C(F)(F)F)cn3)CC2)cc1OCCN(C(C)C)C(C)C. The van der Waals surface area contributed by atoms with E-state index in [1.54, 1.807) is 30.2 Å². The Morgan fingerprint density at radius 3 is 2.27 bits per heavy atom. The van der Waals surface area contributed by atoms with Crippen LogP contribution in [-0.4, -0.2) is 79.3 Å². The molecule has 0 bridgehead atoms. The number of alkyl halides is 3. The van der Waals surface area contributed by atoms with Crippen molar-refractivity contribution in [2.24, 2.45) is 0 Å². The van der Waals surface area contributed by atoms with Crippen molar-refractivity contribution in [2.45, 2.75) is 46.0 Å². The summed E-state index contributed by atoms with van der Waals surface area (Å²) in [5.41, 5.74) is -0.202. The van der Waals surface area contributed by atoms with Gasteiger partial charge in [-0.3, -0.25) is 4.90 Å². The Morgan fingerprint density at radius 1 is 1.05 bits per heavy atom. The van der Waals surface area contributed by atoms with Gasteiger partial charge in [-0.05, 0) is 52.0 Å². The summed E-state index contributed by atoms with van der Waals surface area (Å²) in [5.74, 6) is 1.58. The number of benzene rings is 1. The van der Waals surface area contributed by atoms with Gasteiger partial charge in [0.1, 0.15) is 12.4 Å². The molecular formula is C26H36F3N5O3. The van der Waals surface area contributed by atoms with Crippen LogP contribution in [0.25, 0.3) is 0 Å². The van der Waals surface area contributed by atoms with Crippen molar-refractivity contribution in [3.05, 3.63) is 42.1 Å². The van der Waals surface area contributed by atoms with Gasteiger partial charge in [-0.2, -0.15) is 13.2 Å². The predicted molar refractivity (Wildman–Crippen MR) is 138 cm³/mol. The van der Waals surface area contributed by atoms with Crippen LogP contribution in [0.2, 0.25) is 0 Å². The number of ether oxygens (including phenoxy) is 2. The summed E-state index contributed by atoms with van der Waals surface area (Å²) in [6.45, 7) is 11.6. The molecule has 8 nitrogen and oxygen atoms in total. The molecule has 11 heteroatoms. The van der Waals surface area contributed by atoms with E-state index < -0.39 is 11.7 Å². The van der Waals surface area contributed by atoms with Crippen LogP contribution in [-0.2, 0) is 6.18 Å². The topological polar surface area (TPSA) is 70.2 Å². The van der Waals surface area contributed by atoms with Gasteiger partial charge in [-0.25, -0.2) is 9.78 Å². The third-order valence-electron chi connectivity index (χ3n) is 6.31. The van der Waals surface area contributed by atoms with Crippen LogP contribution in [0.1, 0.15) is 33.3 Å². The zero-order valence-corrected chi connectivity index (χ0v) is 22.0. The summed E-state index contributed by atoms with van der Waals surface area (Å²) in [7, 11) is 1.57. The van der Waals surface area contributed by atoms with Gasteiger partial charge in [-0.1, -0.05) is 0 Å². The first-order chi connectivity index (χ1) is 17.5. The molecule has 0 unspecified atom stereocenters. The lowest BCUT2D eigenvalue weighted by molar-refractivity contribution is -0.137. The number of methoxy groups -OCH3 is 1. The molecule has 3 rings (SSSR count). The second-order valence-corrected chi connectivity index (χ2v) is 9.45. The van der Waals surface area contributed by atoms with Gasteiger partial charge in [-0.15, -0.1) is 0 Å². The fraction of sp³-hybridized carbons (Fsp3) is 0.538. The number of carbonyl (C=O) groups is 1. The summed E-state index contributed by atoms with van der Waals surface area (Å²) in [5, 5.41) is 2.90. The van der Waals surface area contributed by atoms with Crippen molar-refractivity contribution in [2.75, 3.05) is 56.7 Å². The molecule has 1 aromatic heterocycles. The minimum atomic E-state index is -4.42. The molecule has 2 heterocycles. The third-order valence-corrected chi connectivity index (χ3v) is 6.31. The van der Waals surface area contributed by atoms with Gasteiger partial charge in [0.05, 0.1) is 12.7 Å². The van der Waals surface area contributed by atoms with E-state index in [0.717, 1.165) is 18.8 Å². The largest absolute Gasteiger partial charge is 0.493 e. The lowest BCUT2D eigenvalue weighted by Gasteiger charge is -2.35. The fourth-order valence-corrected chi connectivity index (χ4v) is 4.32. The second kappa shape index (κ2) is 12.4. The molecule has 1 fully saturated rings. The van der Waals surface area contributed by atoms with Crippen LogP contribution in [0.4, 0.5) is 29.5 Å². The number of aromatic nitrogens is 1. The normalized spacial score (nSPS) is 14.5. The van der Waals surface area contributed by atoms with Crippen LogP contribution < -0.4 is 19.7 Å². The van der Waals surface area contributed by atoms with Crippen molar-refractivity contribution < 1.29 is 27.4 Å². The van der Waals surface area contributed by atoms with Gasteiger partial charge < -0.3 is 24.6 Å². The van der Waals surface area contributed by atoms with Crippen molar-refractivity contribution in [3.63, 3.8) is 0 Å². The average Bonchev–Trinajstić information content (AvgIpc) is 2.86. The second-order valence-electron chi connectivity index (χ2n) is 9.45. The quantitative estimate of drug-likeness (QED) is 0.501. The summed E-state index contributed by atoms with van der Waals surface area (Å²) < 4.78 is 49.8. The highest BCUT2D eigenvalue weighted by molar-refractivity contribution is 5.90. The number of nitrogens with one attached hydrogen (secondary N) is 1. The van der Waals surface area contributed by atoms with E-state index in [1.807, 2.05) is 4.90 Å². The average molecular weight is 524 g/mol. The molecule has 204 valence electrons. The molecule has 37 heavy (non-hydrogen) atoms. The number of urea groups is 1. The molecule has 0 atom stereocenters. The summed E-state index contributed by atoms with van der Waals surface area (Å²) in [4.78, 5) is 22.7. The molecule has 2 aromatic rings. The van der Waals surface area contributed by atoms with Crippen LogP contribution in [0.5, 0.6) is 11.5 Å². The Hall–Kier alpha value is -3.21. The Bertz CT molecular complexity index is 1020. The Kier molecular flexibility index (Phi) is 9.47. The minimum Gasteiger partial charge on any atom is -0.493 e. The standard InChI is InChI=1S/C26H36F3N5O3/c1-18(2)34(19(3)4)14-15-37-23-16-21(7-8-22(23)36-5)31-25(35)33-12-10-32(11-13-33)24-9-6-20(17-30-24)26(27,28)29/h6-9,16-19H,10-15H2,1-5H3,(H,31,35). The van der Waals surface area contributed by atoms with Crippen molar-refractivity contribution in [1.29, 1.82) is 0 Å². The van der Waals surface area contributed by atoms with Crippen molar-refractivity contribution in [3.8, 4) is 11.5 Å². The molecule has 1 aliphatic rings. The molecule has 1 N–H and O–H groups in total. The molecule has 0 radical (unpaired) electrons. The van der Waals surface area contributed by atoms with E-state index in [0.29, 0.717) is 67.9 Å². The number of piperazine rings is 1. The van der Waals surface area contributed by atoms with Crippen LogP contribution in [0.3, 0.4) is 0 Å². The van der Waals surface area contributed by atoms with Crippen LogP contribution in [0.15, 0.2) is 36.5 Å². The van der Waals surface area contributed by atoms with Crippen molar-refractivity contribution in [1.82, 2.24) is 14.8 Å². The van der Waals surface area contributed by atoms with Crippen LogP contribution >= 0.6 is 0 Å². The molecule has 1 aliphatic heterocycles. The molecule has 1 aromatic carbocycles. The van der Waals surface area contributed by atoms with E-state index in [1.165, 1.54) is 6.07 Å². The van der Waals surface area contributed by atoms with E-state index in [2.05, 4.69) is 42.9 Å². The predicted octanol–water partition coefficient (Wildman–Crippen LogP) is 4.96. The number of rotatable bonds is 9. The number of anilines is 2. The van der Waals surface area contributed by atoms with Gasteiger partial charge in [0.25, 0.3) is 0 Å². The maximum Gasteiger partial charge on any atom is 0.417 e. The zero-order chi connectivity index (χ0) is 27.2.